The fourth-order valence-electron chi connectivity index (χ4n) is 5.27. The quantitative estimate of drug-likeness (QED) is 0.142. The number of carboxylic acid groups (broad SMARTS) is 1. The Morgan fingerprint density at radius 1 is 0.824 bits per heavy atom. The van der Waals surface area contributed by atoms with Crippen molar-refractivity contribution >= 4 is 11.9 Å². The van der Waals surface area contributed by atoms with Crippen LogP contribution in [0.5, 0.6) is 11.5 Å². The van der Waals surface area contributed by atoms with Gasteiger partial charge in [0.2, 0.25) is 0 Å². The van der Waals surface area contributed by atoms with E-state index in [4.69, 9.17) is 4.74 Å². The van der Waals surface area contributed by atoms with Crippen molar-refractivity contribution in [3.8, 4) is 11.5 Å². The van der Waals surface area contributed by atoms with Crippen LogP contribution in [0, 0.1) is 24.4 Å². The molecule has 0 spiro atoms. The standard InChI is InChI=1S/C35H27F10NO5/c1-17(2)50-29-14-21(6-9-28(29)38)33(16-19-4-7-25(31(48)49)18(3)10-19,22-12-23(36)15-24(13-22)51-35(44,45)32(39)40)46-30(47)20-5-8-27(37)26(11-20)34(41,42)43/h4-15,17,32H,16H2,1-3H3,(H,46,47)(H,48,49). The highest BCUT2D eigenvalue weighted by molar-refractivity contribution is 5.95. The van der Waals surface area contributed by atoms with Crippen LogP contribution < -0.4 is 14.8 Å². The van der Waals surface area contributed by atoms with Gasteiger partial charge in [0.1, 0.15) is 17.4 Å². The molecule has 1 atom stereocenters. The molecule has 1 unspecified atom stereocenters. The van der Waals surface area contributed by atoms with Gasteiger partial charge in [-0.2, -0.15) is 30.7 Å². The molecule has 0 aliphatic carbocycles. The second-order valence-corrected chi connectivity index (χ2v) is 11.6. The molecule has 0 heterocycles. The molecule has 4 rings (SSSR count). The molecule has 0 bridgehead atoms. The van der Waals surface area contributed by atoms with Crippen LogP contribution in [-0.2, 0) is 18.1 Å². The lowest BCUT2D eigenvalue weighted by Gasteiger charge is -2.37. The van der Waals surface area contributed by atoms with E-state index in [-0.39, 0.29) is 28.3 Å². The smallest absolute Gasteiger partial charge is 0.461 e. The van der Waals surface area contributed by atoms with Crippen LogP contribution in [0.25, 0.3) is 0 Å². The van der Waals surface area contributed by atoms with E-state index in [1.807, 2.05) is 0 Å². The first-order chi connectivity index (χ1) is 23.6. The summed E-state index contributed by atoms with van der Waals surface area (Å²) in [6, 6.07) is 9.55. The van der Waals surface area contributed by atoms with E-state index >= 15 is 4.39 Å². The molecule has 0 radical (unpaired) electrons. The largest absolute Gasteiger partial charge is 0.488 e. The SMILES string of the molecule is Cc1cc(CC(NC(=O)c2ccc(F)c(C(F)(F)F)c2)(c2cc(F)cc(OC(F)(F)C(F)F)c2)c2ccc(F)c(OC(C)C)c2)ccc1C(=O)O. The van der Waals surface area contributed by atoms with E-state index in [1.165, 1.54) is 32.9 Å². The molecule has 6 nitrogen and oxygen atoms in total. The molecule has 16 heteroatoms. The predicted molar refractivity (Wildman–Crippen MR) is 162 cm³/mol. The summed E-state index contributed by atoms with van der Waals surface area (Å²) in [5.74, 6) is -8.35. The summed E-state index contributed by atoms with van der Waals surface area (Å²) in [6.45, 7) is 4.46. The first kappa shape index (κ1) is 38.5. The Balaban J connectivity index is 2.07. The van der Waals surface area contributed by atoms with Crippen molar-refractivity contribution in [1.29, 1.82) is 0 Å². The first-order valence-corrected chi connectivity index (χ1v) is 14.8. The van der Waals surface area contributed by atoms with Crippen LogP contribution in [0.3, 0.4) is 0 Å². The number of carbonyl (C=O) groups is 2. The van der Waals surface area contributed by atoms with Crippen molar-refractivity contribution in [2.75, 3.05) is 0 Å². The number of halogens is 10. The second-order valence-electron chi connectivity index (χ2n) is 11.6. The number of hydrogen-bond acceptors (Lipinski definition) is 4. The third-order valence-corrected chi connectivity index (χ3v) is 7.51. The Morgan fingerprint density at radius 3 is 2.08 bits per heavy atom. The van der Waals surface area contributed by atoms with Gasteiger partial charge in [0, 0.05) is 18.1 Å². The highest BCUT2D eigenvalue weighted by Crippen LogP contribution is 2.40. The maximum absolute atomic E-state index is 15.3. The van der Waals surface area contributed by atoms with Crippen LogP contribution in [-0.4, -0.2) is 35.6 Å². The molecule has 0 saturated carbocycles. The molecule has 0 saturated heterocycles. The van der Waals surface area contributed by atoms with Crippen LogP contribution in [0.15, 0.2) is 72.8 Å². The van der Waals surface area contributed by atoms with Gasteiger partial charge < -0.3 is 19.9 Å². The van der Waals surface area contributed by atoms with Crippen molar-refractivity contribution in [2.45, 2.75) is 57.5 Å². The normalized spacial score (nSPS) is 13.2. The third kappa shape index (κ3) is 8.72. The molecular weight excluding hydrogens is 704 g/mol. The summed E-state index contributed by atoms with van der Waals surface area (Å²) in [4.78, 5) is 25.6. The van der Waals surface area contributed by atoms with Crippen molar-refractivity contribution < 1.29 is 68.1 Å². The fourth-order valence-corrected chi connectivity index (χ4v) is 5.27. The zero-order valence-electron chi connectivity index (χ0n) is 26.6. The minimum absolute atomic E-state index is 0.146. The molecule has 0 aliphatic heterocycles. The number of hydrogen-bond donors (Lipinski definition) is 2. The Kier molecular flexibility index (Phi) is 11.0. The average Bonchev–Trinajstić information content (AvgIpc) is 3.00. The van der Waals surface area contributed by atoms with Gasteiger partial charge in [0.05, 0.1) is 22.8 Å². The summed E-state index contributed by atoms with van der Waals surface area (Å²) >= 11 is 0. The number of nitrogens with one attached hydrogen (secondary N) is 1. The molecular formula is C35H27F10NO5. The van der Waals surface area contributed by atoms with Gasteiger partial charge >= 0.3 is 24.7 Å². The number of amides is 1. The van der Waals surface area contributed by atoms with Gasteiger partial charge in [0.15, 0.2) is 11.6 Å². The summed E-state index contributed by atoms with van der Waals surface area (Å²) in [6.07, 6.45) is -16.0. The van der Waals surface area contributed by atoms with Crippen molar-refractivity contribution in [1.82, 2.24) is 5.32 Å². The van der Waals surface area contributed by atoms with Gasteiger partial charge in [-0.1, -0.05) is 18.2 Å². The number of aryl methyl sites for hydroxylation is 1. The number of alkyl halides is 7. The zero-order chi connectivity index (χ0) is 38.1. The van der Waals surface area contributed by atoms with Crippen LogP contribution in [0.1, 0.15) is 62.4 Å². The van der Waals surface area contributed by atoms with Crippen LogP contribution in [0.4, 0.5) is 43.9 Å². The van der Waals surface area contributed by atoms with Gasteiger partial charge in [-0.15, -0.1) is 0 Å². The first-order valence-electron chi connectivity index (χ1n) is 14.8. The molecule has 2 N–H and O–H groups in total. The molecule has 4 aromatic carbocycles. The predicted octanol–water partition coefficient (Wildman–Crippen LogP) is 9.07. The van der Waals surface area contributed by atoms with Crippen molar-refractivity contribution in [2.24, 2.45) is 0 Å². The average molecular weight is 732 g/mol. The van der Waals surface area contributed by atoms with Crippen LogP contribution >= 0.6 is 0 Å². The van der Waals surface area contributed by atoms with Crippen molar-refractivity contribution in [3.63, 3.8) is 0 Å². The minimum Gasteiger partial charge on any atom is -0.488 e. The van der Waals surface area contributed by atoms with E-state index in [9.17, 15) is 54.2 Å². The molecule has 0 aromatic heterocycles. The maximum atomic E-state index is 15.3. The number of carbonyl (C=O) groups excluding carboxylic acids is 1. The molecule has 4 aromatic rings. The molecule has 1 amide bonds. The summed E-state index contributed by atoms with van der Waals surface area (Å²) in [5, 5.41) is 12.0. The van der Waals surface area contributed by atoms with Gasteiger partial charge in [-0.05, 0) is 91.6 Å². The van der Waals surface area contributed by atoms with Crippen LogP contribution in [0.2, 0.25) is 0 Å². The molecule has 0 fully saturated rings. The Hall–Kier alpha value is -5.28. The topological polar surface area (TPSA) is 84.9 Å². The van der Waals surface area contributed by atoms with Gasteiger partial charge in [-0.25, -0.2) is 18.0 Å². The molecule has 0 aliphatic rings. The molecule has 51 heavy (non-hydrogen) atoms. The number of ether oxygens (including phenoxy) is 2. The number of aromatic carboxylic acids is 1. The lowest BCUT2D eigenvalue weighted by Crippen LogP contribution is -2.49. The number of benzene rings is 4. The zero-order valence-corrected chi connectivity index (χ0v) is 26.6. The molecule has 272 valence electrons. The summed E-state index contributed by atoms with van der Waals surface area (Å²) < 4.78 is 149. The second kappa shape index (κ2) is 14.5. The lowest BCUT2D eigenvalue weighted by molar-refractivity contribution is -0.253. The monoisotopic (exact) mass is 731 g/mol. The van der Waals surface area contributed by atoms with Gasteiger partial charge in [0.25, 0.3) is 5.91 Å². The van der Waals surface area contributed by atoms with E-state index in [0.717, 1.165) is 24.3 Å². The Morgan fingerprint density at radius 2 is 1.49 bits per heavy atom. The number of rotatable bonds is 12. The summed E-state index contributed by atoms with van der Waals surface area (Å²) in [5.41, 5.74) is -5.55. The lowest BCUT2D eigenvalue weighted by atomic mass is 9.77. The fraction of sp³-hybridized carbons (Fsp3) is 0.257. The van der Waals surface area contributed by atoms with E-state index in [0.29, 0.717) is 30.3 Å². The number of carboxylic acids is 1. The van der Waals surface area contributed by atoms with Gasteiger partial charge in [-0.3, -0.25) is 4.79 Å². The minimum atomic E-state index is -5.26. The summed E-state index contributed by atoms with van der Waals surface area (Å²) in [7, 11) is 0. The Labute approximate surface area is 283 Å². The highest BCUT2D eigenvalue weighted by atomic mass is 19.4. The van der Waals surface area contributed by atoms with Crippen molar-refractivity contribution in [3.05, 3.63) is 129 Å². The maximum Gasteiger partial charge on any atom is 0.461 e. The Bertz CT molecular complexity index is 1950. The third-order valence-electron chi connectivity index (χ3n) is 7.51. The highest BCUT2D eigenvalue weighted by Gasteiger charge is 2.45. The van der Waals surface area contributed by atoms with E-state index < -0.39 is 94.3 Å². The van der Waals surface area contributed by atoms with E-state index in [1.54, 1.807) is 0 Å². The van der Waals surface area contributed by atoms with E-state index in [2.05, 4.69) is 10.1 Å².